The zero-order valence-corrected chi connectivity index (χ0v) is 17.2. The number of hydrogen-bond donors (Lipinski definition) is 0. The summed E-state index contributed by atoms with van der Waals surface area (Å²) in [5.74, 6) is -0.425. The topological polar surface area (TPSA) is 51.0 Å². The number of alkyl halides is 3. The minimum atomic E-state index is -4.55. The Morgan fingerprint density at radius 1 is 1.10 bits per heavy atom. The molecule has 0 unspecified atom stereocenters. The Morgan fingerprint density at radius 3 is 2.48 bits per heavy atom. The van der Waals surface area contributed by atoms with Gasteiger partial charge in [0.25, 0.3) is 5.91 Å². The number of carbonyl (C=O) groups is 1. The van der Waals surface area contributed by atoms with Crippen LogP contribution in [0.25, 0.3) is 16.3 Å². The van der Waals surface area contributed by atoms with Crippen molar-refractivity contribution in [3.05, 3.63) is 89.2 Å². The Hall–Kier alpha value is -3.46. The molecule has 0 radical (unpaired) electrons. The van der Waals surface area contributed by atoms with Crippen molar-refractivity contribution in [3.8, 4) is 16.3 Å². The van der Waals surface area contributed by atoms with Crippen molar-refractivity contribution < 1.29 is 18.0 Å². The maximum absolute atomic E-state index is 12.8. The number of benzene rings is 1. The highest BCUT2D eigenvalue weighted by Crippen LogP contribution is 2.29. The van der Waals surface area contributed by atoms with Gasteiger partial charge in [-0.25, -0.2) is 4.68 Å². The first-order valence-corrected chi connectivity index (χ1v) is 10.2. The van der Waals surface area contributed by atoms with Crippen LogP contribution in [0.3, 0.4) is 0 Å². The van der Waals surface area contributed by atoms with E-state index in [1.54, 1.807) is 11.7 Å². The maximum Gasteiger partial charge on any atom is 0.433 e. The maximum atomic E-state index is 12.8. The van der Waals surface area contributed by atoms with Crippen LogP contribution in [0.1, 0.15) is 21.6 Å². The van der Waals surface area contributed by atoms with Crippen LogP contribution in [0.4, 0.5) is 13.2 Å². The van der Waals surface area contributed by atoms with Gasteiger partial charge in [0, 0.05) is 31.5 Å². The molecule has 1 amide bonds. The SMILES string of the molecule is CN(Cc1cn(-c2ccccc2)nc1-c1cccs1)C(=O)c1ccc(C(F)(F)F)nc1. The number of para-hydroxylation sites is 1. The van der Waals surface area contributed by atoms with Gasteiger partial charge in [-0.15, -0.1) is 11.3 Å². The van der Waals surface area contributed by atoms with Crippen molar-refractivity contribution in [2.45, 2.75) is 12.7 Å². The van der Waals surface area contributed by atoms with Crippen molar-refractivity contribution in [2.75, 3.05) is 7.05 Å². The summed E-state index contributed by atoms with van der Waals surface area (Å²) in [5, 5.41) is 6.65. The molecule has 0 aliphatic rings. The van der Waals surface area contributed by atoms with Crippen molar-refractivity contribution in [1.82, 2.24) is 19.7 Å². The number of amides is 1. The lowest BCUT2D eigenvalue weighted by Gasteiger charge is -2.17. The Balaban J connectivity index is 1.60. The highest BCUT2D eigenvalue weighted by Gasteiger charge is 2.32. The molecule has 0 fully saturated rings. The Bertz CT molecular complexity index is 1170. The lowest BCUT2D eigenvalue weighted by atomic mass is 10.2. The summed E-state index contributed by atoms with van der Waals surface area (Å²) in [6.45, 7) is 0.236. The normalized spacial score (nSPS) is 11.5. The number of carbonyl (C=O) groups excluding carboxylic acids is 1. The van der Waals surface area contributed by atoms with E-state index < -0.39 is 17.8 Å². The molecule has 158 valence electrons. The van der Waals surface area contributed by atoms with Crippen LogP contribution >= 0.6 is 11.3 Å². The Labute approximate surface area is 180 Å². The molecule has 4 rings (SSSR count). The zero-order chi connectivity index (χ0) is 22.0. The quantitative estimate of drug-likeness (QED) is 0.422. The van der Waals surface area contributed by atoms with E-state index in [4.69, 9.17) is 5.10 Å². The van der Waals surface area contributed by atoms with E-state index in [9.17, 15) is 18.0 Å². The lowest BCUT2D eigenvalue weighted by Crippen LogP contribution is -2.26. The third-order valence-corrected chi connectivity index (χ3v) is 5.50. The highest BCUT2D eigenvalue weighted by atomic mass is 32.1. The highest BCUT2D eigenvalue weighted by molar-refractivity contribution is 7.13. The van der Waals surface area contributed by atoms with E-state index >= 15 is 0 Å². The number of thiophene rings is 1. The fraction of sp³-hybridized carbons (Fsp3) is 0.136. The molecule has 0 saturated carbocycles. The molecular formula is C22H17F3N4OS. The fourth-order valence-electron chi connectivity index (χ4n) is 3.09. The van der Waals surface area contributed by atoms with Crippen LogP contribution in [0, 0.1) is 0 Å². The molecule has 0 bridgehead atoms. The van der Waals surface area contributed by atoms with Crippen LogP contribution in [0.15, 0.2) is 72.4 Å². The minimum absolute atomic E-state index is 0.0867. The van der Waals surface area contributed by atoms with Gasteiger partial charge in [0.2, 0.25) is 0 Å². The summed E-state index contributed by atoms with van der Waals surface area (Å²) in [4.78, 5) is 18.5. The van der Waals surface area contributed by atoms with Crippen molar-refractivity contribution in [2.24, 2.45) is 0 Å². The summed E-state index contributed by atoms with van der Waals surface area (Å²) >= 11 is 1.54. The second-order valence-electron chi connectivity index (χ2n) is 6.85. The van der Waals surface area contributed by atoms with Gasteiger partial charge < -0.3 is 4.90 Å². The average molecular weight is 442 g/mol. The van der Waals surface area contributed by atoms with Gasteiger partial charge in [-0.3, -0.25) is 9.78 Å². The second kappa shape index (κ2) is 8.35. The third kappa shape index (κ3) is 4.51. The molecule has 0 spiro atoms. The van der Waals surface area contributed by atoms with E-state index in [1.165, 1.54) is 16.2 Å². The van der Waals surface area contributed by atoms with E-state index in [1.807, 2.05) is 54.0 Å². The molecule has 3 heterocycles. The van der Waals surface area contributed by atoms with Gasteiger partial charge in [0.15, 0.2) is 0 Å². The van der Waals surface area contributed by atoms with Crippen LogP contribution in [0.5, 0.6) is 0 Å². The standard InChI is InChI=1S/C22H17F3N4OS/c1-28(21(30)15-9-10-19(26-12-15)22(23,24)25)13-16-14-29(17-6-3-2-4-7-17)27-20(16)18-8-5-11-31-18/h2-12,14H,13H2,1H3. The molecule has 0 aliphatic carbocycles. The molecule has 5 nitrogen and oxygen atoms in total. The molecule has 0 aliphatic heterocycles. The lowest BCUT2D eigenvalue weighted by molar-refractivity contribution is -0.141. The van der Waals surface area contributed by atoms with E-state index in [2.05, 4.69) is 4.98 Å². The van der Waals surface area contributed by atoms with Crippen molar-refractivity contribution >= 4 is 17.2 Å². The monoisotopic (exact) mass is 442 g/mol. The van der Waals surface area contributed by atoms with Gasteiger partial charge in [-0.2, -0.15) is 18.3 Å². The van der Waals surface area contributed by atoms with E-state index in [-0.39, 0.29) is 12.1 Å². The van der Waals surface area contributed by atoms with E-state index in [0.29, 0.717) is 0 Å². The van der Waals surface area contributed by atoms with Gasteiger partial charge in [0.1, 0.15) is 11.4 Å². The molecular weight excluding hydrogens is 425 g/mol. The number of pyridine rings is 1. The number of nitrogens with zero attached hydrogens (tertiary/aromatic N) is 4. The fourth-order valence-corrected chi connectivity index (χ4v) is 3.84. The molecule has 0 atom stereocenters. The number of rotatable bonds is 5. The molecule has 9 heteroatoms. The Kier molecular flexibility index (Phi) is 5.60. The molecule has 3 aromatic heterocycles. The summed E-state index contributed by atoms with van der Waals surface area (Å²) in [7, 11) is 1.60. The number of halogens is 3. The minimum Gasteiger partial charge on any atom is -0.337 e. The van der Waals surface area contributed by atoms with Crippen LogP contribution in [0.2, 0.25) is 0 Å². The van der Waals surface area contributed by atoms with Gasteiger partial charge in [-0.05, 0) is 35.7 Å². The second-order valence-corrected chi connectivity index (χ2v) is 7.80. The zero-order valence-electron chi connectivity index (χ0n) is 16.4. The average Bonchev–Trinajstić information content (AvgIpc) is 3.43. The van der Waals surface area contributed by atoms with Gasteiger partial charge >= 0.3 is 6.18 Å². The molecule has 4 aromatic rings. The van der Waals surface area contributed by atoms with Crippen LogP contribution in [-0.4, -0.2) is 32.6 Å². The van der Waals surface area contributed by atoms with Crippen LogP contribution in [-0.2, 0) is 12.7 Å². The predicted molar refractivity (Wildman–Crippen MR) is 112 cm³/mol. The molecule has 0 saturated heterocycles. The summed E-state index contributed by atoms with van der Waals surface area (Å²) < 4.78 is 39.9. The van der Waals surface area contributed by atoms with Crippen LogP contribution < -0.4 is 0 Å². The molecule has 31 heavy (non-hydrogen) atoms. The summed E-state index contributed by atoms with van der Waals surface area (Å²) in [6, 6.07) is 15.4. The third-order valence-electron chi connectivity index (χ3n) is 4.62. The first-order chi connectivity index (χ1) is 14.8. The Morgan fingerprint density at radius 2 is 1.87 bits per heavy atom. The largest absolute Gasteiger partial charge is 0.433 e. The predicted octanol–water partition coefficient (Wildman–Crippen LogP) is 5.29. The summed E-state index contributed by atoms with van der Waals surface area (Å²) in [6.07, 6.45) is -1.73. The van der Waals surface area contributed by atoms with Crippen molar-refractivity contribution in [3.63, 3.8) is 0 Å². The van der Waals surface area contributed by atoms with E-state index in [0.717, 1.165) is 40.2 Å². The first-order valence-electron chi connectivity index (χ1n) is 9.29. The number of hydrogen-bond acceptors (Lipinski definition) is 4. The smallest absolute Gasteiger partial charge is 0.337 e. The first kappa shape index (κ1) is 20.8. The van der Waals surface area contributed by atoms with Gasteiger partial charge in [-0.1, -0.05) is 24.3 Å². The van der Waals surface area contributed by atoms with Crippen molar-refractivity contribution in [1.29, 1.82) is 0 Å². The molecule has 1 aromatic carbocycles. The van der Waals surface area contributed by atoms with Gasteiger partial charge in [0.05, 0.1) is 16.1 Å². The molecule has 0 N–H and O–H groups in total. The number of aromatic nitrogens is 3. The summed E-state index contributed by atoms with van der Waals surface area (Å²) in [5.41, 5.74) is 1.51.